The molecular formula is C12H24N2O2. The van der Waals surface area contributed by atoms with Crippen molar-refractivity contribution >= 4 is 0 Å². The molecule has 1 heterocycles. The fourth-order valence-corrected chi connectivity index (χ4v) is 1.20. The Kier molecular flexibility index (Phi) is 7.31. The van der Waals surface area contributed by atoms with Gasteiger partial charge in [0.05, 0.1) is 18.4 Å². The maximum Gasteiger partial charge on any atom is 0.0956 e. The third-order valence-corrected chi connectivity index (χ3v) is 2.58. The molecule has 0 aromatic heterocycles. The smallest absolute Gasteiger partial charge is 0.0956 e. The monoisotopic (exact) mass is 228 g/mol. The number of nitrogens with zero attached hydrogens (tertiary/aromatic N) is 2. The van der Waals surface area contributed by atoms with Crippen LogP contribution in [0.25, 0.3) is 0 Å². The van der Waals surface area contributed by atoms with Gasteiger partial charge in [-0.3, -0.25) is 4.90 Å². The van der Waals surface area contributed by atoms with Crippen LogP contribution in [-0.4, -0.2) is 42.5 Å². The molecule has 1 saturated heterocycles. The highest BCUT2D eigenvalue weighted by Crippen LogP contribution is 2.14. The number of hydrogen-bond acceptors (Lipinski definition) is 4. The summed E-state index contributed by atoms with van der Waals surface area (Å²) in [5.74, 6) is 0.225. The molecule has 0 saturated carbocycles. The molecule has 1 fully saturated rings. The van der Waals surface area contributed by atoms with Crippen LogP contribution in [0.3, 0.4) is 0 Å². The van der Waals surface area contributed by atoms with Gasteiger partial charge in [0.1, 0.15) is 0 Å². The summed E-state index contributed by atoms with van der Waals surface area (Å²) in [6, 6.07) is 2.24. The third-order valence-electron chi connectivity index (χ3n) is 2.58. The molecule has 0 spiro atoms. The minimum Gasteiger partial charge on any atom is -0.381 e. The SMILES string of the molecule is COC(C)(C)C.N#CC1CCN(CO)CC1. The number of nitriles is 1. The number of ether oxygens (including phenoxy) is 1. The number of aliphatic hydroxyl groups excluding tert-OH is 1. The van der Waals surface area contributed by atoms with Crippen molar-refractivity contribution in [3.8, 4) is 6.07 Å². The number of methoxy groups -OCH3 is 1. The van der Waals surface area contributed by atoms with Crippen LogP contribution in [0.15, 0.2) is 0 Å². The Hall–Kier alpha value is -0.630. The molecule has 1 rings (SSSR count). The van der Waals surface area contributed by atoms with E-state index in [9.17, 15) is 0 Å². The van der Waals surface area contributed by atoms with Crippen LogP contribution in [0.1, 0.15) is 33.6 Å². The first-order valence-corrected chi connectivity index (χ1v) is 5.71. The molecule has 0 atom stereocenters. The molecule has 1 aliphatic rings. The second kappa shape index (κ2) is 7.61. The Morgan fingerprint density at radius 3 is 2.06 bits per heavy atom. The zero-order valence-electron chi connectivity index (χ0n) is 10.9. The van der Waals surface area contributed by atoms with Gasteiger partial charge in [-0.25, -0.2) is 0 Å². The van der Waals surface area contributed by atoms with E-state index in [1.165, 1.54) is 0 Å². The van der Waals surface area contributed by atoms with E-state index in [0.717, 1.165) is 25.9 Å². The molecule has 1 aliphatic heterocycles. The van der Waals surface area contributed by atoms with Crippen molar-refractivity contribution in [3.05, 3.63) is 0 Å². The first kappa shape index (κ1) is 15.4. The summed E-state index contributed by atoms with van der Waals surface area (Å²) < 4.78 is 4.94. The average Bonchev–Trinajstić information content (AvgIpc) is 2.29. The van der Waals surface area contributed by atoms with Crippen LogP contribution in [0, 0.1) is 17.2 Å². The number of piperidine rings is 1. The lowest BCUT2D eigenvalue weighted by Gasteiger charge is -2.26. The highest BCUT2D eigenvalue weighted by molar-refractivity contribution is 4.86. The van der Waals surface area contributed by atoms with Crippen LogP contribution in [0.2, 0.25) is 0 Å². The number of likely N-dealkylation sites (tertiary alicyclic amines) is 1. The van der Waals surface area contributed by atoms with Crippen molar-refractivity contribution in [1.29, 1.82) is 5.26 Å². The Morgan fingerprint density at radius 1 is 1.38 bits per heavy atom. The zero-order chi connectivity index (χ0) is 12.6. The van der Waals surface area contributed by atoms with Gasteiger partial charge in [0.25, 0.3) is 0 Å². The van der Waals surface area contributed by atoms with E-state index < -0.39 is 0 Å². The molecule has 0 aromatic rings. The van der Waals surface area contributed by atoms with Gasteiger partial charge >= 0.3 is 0 Å². The van der Waals surface area contributed by atoms with E-state index in [2.05, 4.69) is 6.07 Å². The fourth-order valence-electron chi connectivity index (χ4n) is 1.20. The molecule has 0 aromatic carbocycles. The van der Waals surface area contributed by atoms with E-state index in [4.69, 9.17) is 15.1 Å². The predicted molar refractivity (Wildman–Crippen MR) is 63.8 cm³/mol. The second-order valence-corrected chi connectivity index (χ2v) is 4.98. The molecule has 0 radical (unpaired) electrons. The average molecular weight is 228 g/mol. The lowest BCUT2D eigenvalue weighted by Crippen LogP contribution is -2.33. The normalized spacial score (nSPS) is 18.5. The summed E-state index contributed by atoms with van der Waals surface area (Å²) >= 11 is 0. The summed E-state index contributed by atoms with van der Waals surface area (Å²) in [6.45, 7) is 7.94. The van der Waals surface area contributed by atoms with Crippen molar-refractivity contribution < 1.29 is 9.84 Å². The molecule has 16 heavy (non-hydrogen) atoms. The first-order valence-electron chi connectivity index (χ1n) is 5.71. The first-order chi connectivity index (χ1) is 7.42. The van der Waals surface area contributed by atoms with Crippen LogP contribution in [-0.2, 0) is 4.74 Å². The molecule has 1 N–H and O–H groups in total. The number of hydrogen-bond donors (Lipinski definition) is 1. The molecule has 94 valence electrons. The van der Waals surface area contributed by atoms with Crippen LogP contribution < -0.4 is 0 Å². The molecule has 0 aliphatic carbocycles. The van der Waals surface area contributed by atoms with Crippen LogP contribution >= 0.6 is 0 Å². The highest BCUT2D eigenvalue weighted by atomic mass is 16.5. The van der Waals surface area contributed by atoms with E-state index in [1.807, 2.05) is 25.7 Å². The van der Waals surface area contributed by atoms with Crippen molar-refractivity contribution in [3.63, 3.8) is 0 Å². The summed E-state index contributed by atoms with van der Waals surface area (Å²) in [4.78, 5) is 1.95. The summed E-state index contributed by atoms with van der Waals surface area (Å²) in [7, 11) is 1.71. The largest absolute Gasteiger partial charge is 0.381 e. The molecule has 4 heteroatoms. The van der Waals surface area contributed by atoms with Gasteiger partial charge in [0.2, 0.25) is 0 Å². The van der Waals surface area contributed by atoms with Crippen molar-refractivity contribution in [1.82, 2.24) is 4.90 Å². The van der Waals surface area contributed by atoms with Crippen LogP contribution in [0.4, 0.5) is 0 Å². The Morgan fingerprint density at radius 2 is 1.81 bits per heavy atom. The fraction of sp³-hybridized carbons (Fsp3) is 0.917. The van der Waals surface area contributed by atoms with Gasteiger partial charge in [-0.15, -0.1) is 0 Å². The van der Waals surface area contributed by atoms with Gasteiger partial charge in [-0.2, -0.15) is 5.26 Å². The maximum absolute atomic E-state index is 8.69. The third kappa shape index (κ3) is 7.63. The summed E-state index contributed by atoms with van der Waals surface area (Å²) in [5, 5.41) is 17.2. The Bertz CT molecular complexity index is 210. The number of rotatable bonds is 1. The summed E-state index contributed by atoms with van der Waals surface area (Å²) in [5.41, 5.74) is 0.0417. The van der Waals surface area contributed by atoms with E-state index >= 15 is 0 Å². The lowest BCUT2D eigenvalue weighted by molar-refractivity contribution is 0.0397. The molecule has 0 bridgehead atoms. The van der Waals surface area contributed by atoms with E-state index in [0.29, 0.717) is 0 Å². The highest BCUT2D eigenvalue weighted by Gasteiger charge is 2.17. The lowest BCUT2D eigenvalue weighted by atomic mass is 9.99. The summed E-state index contributed by atoms with van der Waals surface area (Å²) in [6.07, 6.45) is 1.83. The molecule has 4 nitrogen and oxygen atoms in total. The molecule has 0 amide bonds. The maximum atomic E-state index is 8.69. The standard InChI is InChI=1S/C7H12N2O.C5H12O/c8-5-7-1-3-9(6-10)4-2-7;1-5(2,3)6-4/h7,10H,1-4,6H2;1-4H3. The minimum absolute atomic E-state index is 0.0417. The zero-order valence-corrected chi connectivity index (χ0v) is 10.9. The van der Waals surface area contributed by atoms with Crippen molar-refractivity contribution in [2.24, 2.45) is 5.92 Å². The second-order valence-electron chi connectivity index (χ2n) is 4.98. The van der Waals surface area contributed by atoms with Gasteiger partial charge in [0, 0.05) is 26.1 Å². The quantitative estimate of drug-likeness (QED) is 0.740. The van der Waals surface area contributed by atoms with Gasteiger partial charge in [0.15, 0.2) is 0 Å². The van der Waals surface area contributed by atoms with E-state index in [1.54, 1.807) is 7.11 Å². The van der Waals surface area contributed by atoms with Gasteiger partial charge in [-0.1, -0.05) is 0 Å². The minimum atomic E-state index is 0.0417. The van der Waals surface area contributed by atoms with Gasteiger partial charge in [-0.05, 0) is 33.6 Å². The molecular weight excluding hydrogens is 204 g/mol. The van der Waals surface area contributed by atoms with Crippen molar-refractivity contribution in [2.45, 2.75) is 39.2 Å². The molecule has 0 unspecified atom stereocenters. The Labute approximate surface area is 98.8 Å². The Balaban J connectivity index is 0.000000325. The van der Waals surface area contributed by atoms with Gasteiger partial charge < -0.3 is 9.84 Å². The topological polar surface area (TPSA) is 56.5 Å². The van der Waals surface area contributed by atoms with E-state index in [-0.39, 0.29) is 18.2 Å². The van der Waals surface area contributed by atoms with Crippen molar-refractivity contribution in [2.75, 3.05) is 26.9 Å². The van der Waals surface area contributed by atoms with Crippen LogP contribution in [0.5, 0.6) is 0 Å². The number of aliphatic hydroxyl groups is 1. The predicted octanol–water partition coefficient (Wildman–Crippen LogP) is 1.60.